The molecule has 0 aliphatic heterocycles. The van der Waals surface area contributed by atoms with Crippen LogP contribution in [0.4, 0.5) is 22.0 Å². The molecule has 1 fully saturated rings. The summed E-state index contributed by atoms with van der Waals surface area (Å²) in [5, 5.41) is 17.5. The highest BCUT2D eigenvalue weighted by Crippen LogP contribution is 2.41. The Morgan fingerprint density at radius 2 is 1.81 bits per heavy atom. The maximum absolute atomic E-state index is 14.0. The van der Waals surface area contributed by atoms with Crippen LogP contribution < -0.4 is 10.6 Å². The van der Waals surface area contributed by atoms with Crippen molar-refractivity contribution >= 4 is 17.5 Å². The first-order valence-electron chi connectivity index (χ1n) is 13.9. The average molecular weight is 600 g/mol. The van der Waals surface area contributed by atoms with E-state index in [0.717, 1.165) is 0 Å². The molecule has 0 unspecified atom stereocenters. The van der Waals surface area contributed by atoms with E-state index in [9.17, 15) is 31.5 Å². The van der Waals surface area contributed by atoms with Gasteiger partial charge in [0, 0.05) is 25.2 Å². The van der Waals surface area contributed by atoms with E-state index >= 15 is 0 Å². The summed E-state index contributed by atoms with van der Waals surface area (Å²) in [5.74, 6) is -4.77. The van der Waals surface area contributed by atoms with Crippen LogP contribution in [0.25, 0.3) is 5.65 Å². The molecule has 10 nitrogen and oxygen atoms in total. The molecule has 2 N–H and O–H groups in total. The monoisotopic (exact) mass is 599 g/mol. The Balaban J connectivity index is 1.62. The number of carbonyl (C=O) groups excluding carboxylic acids is 2. The second-order valence-corrected chi connectivity index (χ2v) is 11.5. The van der Waals surface area contributed by atoms with Crippen molar-refractivity contribution in [2.24, 2.45) is 11.8 Å². The quantitative estimate of drug-likeness (QED) is 0.287. The zero-order chi connectivity index (χ0) is 30.8. The third-order valence-corrected chi connectivity index (χ3v) is 7.45. The van der Waals surface area contributed by atoms with Crippen LogP contribution in [0, 0.1) is 11.8 Å². The summed E-state index contributed by atoms with van der Waals surface area (Å²) in [5.41, 5.74) is 1.63. The van der Waals surface area contributed by atoms with Crippen molar-refractivity contribution in [1.82, 2.24) is 35.5 Å². The molecule has 0 bridgehead atoms. The second-order valence-electron chi connectivity index (χ2n) is 11.5. The summed E-state index contributed by atoms with van der Waals surface area (Å²) in [6, 6.07) is 0.268. The van der Waals surface area contributed by atoms with Crippen molar-refractivity contribution in [3.63, 3.8) is 0 Å². The highest BCUT2D eigenvalue weighted by Gasteiger charge is 2.40. The first-order valence-corrected chi connectivity index (χ1v) is 13.9. The molecule has 0 radical (unpaired) electrons. The van der Waals surface area contributed by atoms with Gasteiger partial charge in [-0.3, -0.25) is 9.59 Å². The predicted molar refractivity (Wildman–Crippen MR) is 139 cm³/mol. The van der Waals surface area contributed by atoms with E-state index in [0.29, 0.717) is 22.6 Å². The molecule has 230 valence electrons. The molecule has 0 saturated heterocycles. The normalized spacial score (nSPS) is 17.5. The van der Waals surface area contributed by atoms with Crippen molar-refractivity contribution in [1.29, 1.82) is 0 Å². The van der Waals surface area contributed by atoms with Gasteiger partial charge in [0.15, 0.2) is 11.3 Å². The number of hydrogen-bond donors (Lipinski definition) is 2. The molecule has 1 aliphatic rings. The molecule has 42 heavy (non-hydrogen) atoms. The smallest absolute Gasteiger partial charge is 0.349 e. The van der Waals surface area contributed by atoms with Gasteiger partial charge in [0.25, 0.3) is 5.91 Å². The van der Waals surface area contributed by atoms with Gasteiger partial charge in [0.1, 0.15) is 5.69 Å². The Bertz CT molecular complexity index is 1390. The Morgan fingerprint density at radius 3 is 2.43 bits per heavy atom. The third kappa shape index (κ3) is 7.59. The van der Waals surface area contributed by atoms with Gasteiger partial charge in [-0.05, 0) is 41.5 Å². The molecule has 3 aromatic rings. The minimum Gasteiger partial charge on any atom is -0.349 e. The maximum Gasteiger partial charge on any atom is 0.389 e. The van der Waals surface area contributed by atoms with Crippen LogP contribution >= 0.6 is 0 Å². The molecule has 0 aromatic carbocycles. The lowest BCUT2D eigenvalue weighted by Gasteiger charge is -2.33. The summed E-state index contributed by atoms with van der Waals surface area (Å²) >= 11 is 0. The Kier molecular flexibility index (Phi) is 9.16. The Labute approximate surface area is 238 Å². The number of nitrogens with one attached hydrogen (secondary N) is 2. The molecule has 3 aromatic heterocycles. The minimum absolute atomic E-state index is 0.00125. The van der Waals surface area contributed by atoms with E-state index in [2.05, 4.69) is 31.0 Å². The molecular formula is C27H34F5N7O3. The van der Waals surface area contributed by atoms with E-state index in [4.69, 9.17) is 4.63 Å². The largest absolute Gasteiger partial charge is 0.389 e. The van der Waals surface area contributed by atoms with Crippen molar-refractivity contribution in [3.8, 4) is 0 Å². The molecule has 1 saturated carbocycles. The summed E-state index contributed by atoms with van der Waals surface area (Å²) in [4.78, 5) is 30.2. The first-order chi connectivity index (χ1) is 19.6. The van der Waals surface area contributed by atoms with E-state index in [1.807, 2.05) is 27.7 Å². The van der Waals surface area contributed by atoms with Crippen LogP contribution in [-0.2, 0) is 4.79 Å². The number of fused-ring (bicyclic) bond motifs is 1. The fourth-order valence-electron chi connectivity index (χ4n) is 5.14. The SMILES string of the molecule is CC(C)c1nonc1C(=O)N[C@H](c1cn2ncc([C@@H](NC(=O)CCC(F)(F)F)C(C)C)cc2n1)C1CCC(F)(F)CC1. The number of hydrogen-bond acceptors (Lipinski definition) is 7. The van der Waals surface area contributed by atoms with Gasteiger partial charge >= 0.3 is 6.18 Å². The number of halogens is 5. The lowest BCUT2D eigenvalue weighted by molar-refractivity contribution is -0.144. The Morgan fingerprint density at radius 1 is 1.12 bits per heavy atom. The molecule has 2 atom stereocenters. The van der Waals surface area contributed by atoms with E-state index in [1.165, 1.54) is 10.7 Å². The molecule has 1 aliphatic carbocycles. The van der Waals surface area contributed by atoms with Crippen molar-refractivity contribution in [2.45, 2.75) is 96.3 Å². The van der Waals surface area contributed by atoms with Gasteiger partial charge in [-0.15, -0.1) is 0 Å². The number of imidazole rings is 1. The van der Waals surface area contributed by atoms with E-state index in [-0.39, 0.29) is 49.1 Å². The van der Waals surface area contributed by atoms with Gasteiger partial charge in [-0.1, -0.05) is 32.9 Å². The van der Waals surface area contributed by atoms with Crippen LogP contribution in [0.15, 0.2) is 23.1 Å². The summed E-state index contributed by atoms with van der Waals surface area (Å²) in [6.45, 7) is 7.27. The molecule has 2 amide bonds. The van der Waals surface area contributed by atoms with Gasteiger partial charge in [-0.2, -0.15) is 18.3 Å². The number of amides is 2. The number of rotatable bonds is 10. The summed E-state index contributed by atoms with van der Waals surface area (Å²) in [6.07, 6.45) is -3.65. The molecule has 0 spiro atoms. The average Bonchev–Trinajstić information content (AvgIpc) is 3.56. The van der Waals surface area contributed by atoms with Crippen molar-refractivity contribution in [2.75, 3.05) is 0 Å². The van der Waals surface area contributed by atoms with Crippen molar-refractivity contribution in [3.05, 3.63) is 41.1 Å². The number of carbonyl (C=O) groups is 2. The highest BCUT2D eigenvalue weighted by atomic mass is 19.4. The third-order valence-electron chi connectivity index (χ3n) is 7.45. The number of aromatic nitrogens is 5. The van der Waals surface area contributed by atoms with E-state index in [1.54, 1.807) is 12.3 Å². The van der Waals surface area contributed by atoms with Crippen LogP contribution in [0.2, 0.25) is 0 Å². The lowest BCUT2D eigenvalue weighted by atomic mass is 9.81. The lowest BCUT2D eigenvalue weighted by Crippen LogP contribution is -2.37. The number of alkyl halides is 5. The maximum atomic E-state index is 14.0. The fraction of sp³-hybridized carbons (Fsp3) is 0.630. The molecular weight excluding hydrogens is 565 g/mol. The van der Waals surface area contributed by atoms with Gasteiger partial charge in [-0.25, -0.2) is 22.9 Å². The van der Waals surface area contributed by atoms with Gasteiger partial charge in [0.05, 0.1) is 36.6 Å². The van der Waals surface area contributed by atoms with Crippen LogP contribution in [0.3, 0.4) is 0 Å². The van der Waals surface area contributed by atoms with Crippen LogP contribution in [0.1, 0.15) is 112 Å². The van der Waals surface area contributed by atoms with Gasteiger partial charge < -0.3 is 10.6 Å². The minimum atomic E-state index is -4.45. The standard InChI is InChI=1S/C27H34F5N7O3/c1-14(2)21(35-20(40)7-10-27(30,31)32)17-11-19-34-18(13-39(19)33-12-17)23(16-5-8-26(28,29)9-6-16)36-25(41)24-22(15(3)4)37-42-38-24/h11-16,21,23H,5-10H2,1-4H3,(H,35,40)(H,36,41)/t21-,23-/m0/s1. The molecule has 15 heteroatoms. The summed E-state index contributed by atoms with van der Waals surface area (Å²) in [7, 11) is 0. The number of nitrogens with zero attached hydrogens (tertiary/aromatic N) is 5. The van der Waals surface area contributed by atoms with E-state index < -0.39 is 48.8 Å². The summed E-state index contributed by atoms with van der Waals surface area (Å²) < 4.78 is 72.0. The zero-order valence-electron chi connectivity index (χ0n) is 23.7. The molecule has 3 heterocycles. The fourth-order valence-corrected chi connectivity index (χ4v) is 5.14. The Hall–Kier alpha value is -3.65. The predicted octanol–water partition coefficient (Wildman–Crippen LogP) is 5.69. The topological polar surface area (TPSA) is 127 Å². The van der Waals surface area contributed by atoms with Gasteiger partial charge in [0.2, 0.25) is 11.8 Å². The highest BCUT2D eigenvalue weighted by molar-refractivity contribution is 5.93. The first kappa shape index (κ1) is 31.3. The molecule has 4 rings (SSSR count). The second kappa shape index (κ2) is 12.3. The zero-order valence-corrected chi connectivity index (χ0v) is 23.7. The van der Waals surface area contributed by atoms with Crippen LogP contribution in [0.5, 0.6) is 0 Å². The van der Waals surface area contributed by atoms with Crippen molar-refractivity contribution < 1.29 is 36.2 Å². The van der Waals surface area contributed by atoms with Crippen LogP contribution in [-0.4, -0.2) is 48.8 Å².